The minimum Gasteiger partial charge on any atom is -0.401 e. The number of alkyl halides is 3. The quantitative estimate of drug-likeness (QED) is 0.847. The first-order chi connectivity index (χ1) is 8.84. The summed E-state index contributed by atoms with van der Waals surface area (Å²) in [4.78, 5) is 3.76. The molecule has 1 heterocycles. The molecule has 1 aromatic heterocycles. The van der Waals surface area contributed by atoms with E-state index in [1.807, 2.05) is 20.8 Å². The highest BCUT2D eigenvalue weighted by molar-refractivity contribution is 6.74. The summed E-state index contributed by atoms with van der Waals surface area (Å²) < 4.78 is 45.3. The Labute approximate surface area is 118 Å². The van der Waals surface area contributed by atoms with Gasteiger partial charge >= 0.3 is 6.18 Å². The highest BCUT2D eigenvalue weighted by atomic mass is 28.4. The zero-order valence-corrected chi connectivity index (χ0v) is 13.4. The Morgan fingerprint density at radius 2 is 1.75 bits per heavy atom. The topological polar surface area (TPSA) is 48.1 Å². The van der Waals surface area contributed by atoms with Crippen LogP contribution in [-0.4, -0.2) is 19.5 Å². The van der Waals surface area contributed by atoms with Gasteiger partial charge in [0, 0.05) is 0 Å². The third-order valence-electron chi connectivity index (χ3n) is 3.59. The molecule has 1 aromatic rings. The van der Waals surface area contributed by atoms with E-state index in [9.17, 15) is 13.2 Å². The van der Waals surface area contributed by atoms with Crippen LogP contribution in [0, 0.1) is 0 Å². The van der Waals surface area contributed by atoms with E-state index in [4.69, 9.17) is 10.2 Å². The first-order valence-electron chi connectivity index (χ1n) is 6.30. The number of rotatable bonds is 3. The molecular weight excluding hydrogens is 285 g/mol. The molecule has 0 fully saturated rings. The molecule has 20 heavy (non-hydrogen) atoms. The summed E-state index contributed by atoms with van der Waals surface area (Å²) in [6, 6.07) is 2.66. The summed E-state index contributed by atoms with van der Waals surface area (Å²) in [5.41, 5.74) is 5.62. The van der Waals surface area contributed by atoms with Crippen molar-refractivity contribution >= 4 is 14.0 Å². The van der Waals surface area contributed by atoms with Crippen molar-refractivity contribution in [3.8, 4) is 0 Å². The van der Waals surface area contributed by atoms with Crippen molar-refractivity contribution < 1.29 is 17.6 Å². The molecule has 0 aliphatic heterocycles. The second kappa shape index (κ2) is 5.36. The monoisotopic (exact) mass is 306 g/mol. The second-order valence-electron chi connectivity index (χ2n) is 6.32. The number of aromatic nitrogens is 1. The van der Waals surface area contributed by atoms with Gasteiger partial charge in [-0.3, -0.25) is 4.98 Å². The van der Waals surface area contributed by atoms with E-state index in [1.54, 1.807) is 13.1 Å². The average Bonchev–Trinajstić information content (AvgIpc) is 2.24. The van der Waals surface area contributed by atoms with E-state index in [1.165, 1.54) is 18.3 Å². The lowest BCUT2D eigenvalue weighted by Crippen LogP contribution is -2.44. The minimum absolute atomic E-state index is 0.156. The number of nitrogens with two attached hydrogens (primary N) is 1. The van der Waals surface area contributed by atoms with E-state index >= 15 is 0 Å². The van der Waals surface area contributed by atoms with Crippen LogP contribution in [0.3, 0.4) is 0 Å². The summed E-state index contributed by atoms with van der Waals surface area (Å²) in [5.74, 6) is 0. The molecule has 1 atom stereocenters. The molecule has 0 aromatic carbocycles. The number of anilines is 1. The van der Waals surface area contributed by atoms with Crippen molar-refractivity contribution in [3.05, 3.63) is 24.0 Å². The predicted octanol–water partition coefficient (Wildman–Crippen LogP) is 4.29. The third kappa shape index (κ3) is 3.96. The fraction of sp³-hybridized carbons (Fsp3) is 0.615. The zero-order valence-electron chi connectivity index (χ0n) is 12.4. The van der Waals surface area contributed by atoms with Crippen LogP contribution in [-0.2, 0) is 4.43 Å². The number of nitrogen functional groups attached to an aromatic ring is 1. The molecule has 7 heteroatoms. The molecule has 1 rings (SSSR count). The van der Waals surface area contributed by atoms with Gasteiger partial charge in [-0.1, -0.05) is 20.8 Å². The van der Waals surface area contributed by atoms with Gasteiger partial charge in [0.05, 0.1) is 17.6 Å². The molecule has 0 saturated heterocycles. The minimum atomic E-state index is -4.50. The molecule has 0 aliphatic rings. The maximum Gasteiger partial charge on any atom is 0.419 e. The molecule has 0 spiro atoms. The lowest BCUT2D eigenvalue weighted by atomic mass is 10.2. The summed E-state index contributed by atoms with van der Waals surface area (Å²) in [7, 11) is -2.57. The van der Waals surface area contributed by atoms with Crippen LogP contribution < -0.4 is 5.73 Å². The van der Waals surface area contributed by atoms with E-state index in [-0.39, 0.29) is 10.7 Å². The zero-order chi connectivity index (χ0) is 15.8. The van der Waals surface area contributed by atoms with Crippen LogP contribution >= 0.6 is 0 Å². The van der Waals surface area contributed by atoms with Crippen molar-refractivity contribution in [3.63, 3.8) is 0 Å². The third-order valence-corrected chi connectivity index (χ3v) is 8.03. The predicted molar refractivity (Wildman–Crippen MR) is 75.7 cm³/mol. The van der Waals surface area contributed by atoms with Crippen molar-refractivity contribution in [1.29, 1.82) is 0 Å². The van der Waals surface area contributed by atoms with Gasteiger partial charge < -0.3 is 10.2 Å². The van der Waals surface area contributed by atoms with Crippen LogP contribution in [0.25, 0.3) is 0 Å². The Morgan fingerprint density at radius 1 is 1.20 bits per heavy atom. The summed E-state index contributed by atoms with van der Waals surface area (Å²) in [5, 5.41) is -0.315. The van der Waals surface area contributed by atoms with Gasteiger partial charge in [0.2, 0.25) is 0 Å². The van der Waals surface area contributed by atoms with Crippen LogP contribution in [0.4, 0.5) is 18.9 Å². The molecule has 0 amide bonds. The van der Waals surface area contributed by atoms with Gasteiger partial charge in [-0.25, -0.2) is 0 Å². The Balaban J connectivity index is 3.13. The maximum absolute atomic E-state index is 13.3. The standard InChI is InChI=1S/C13H21F3N2OSi/c1-12(2,3)20(4,5)19-11(13(14,15)16)10-7-6-9(17)8-18-10/h6-8,11H,17H2,1-5H3. The van der Waals surface area contributed by atoms with Crippen molar-refractivity contribution in [2.75, 3.05) is 5.73 Å². The smallest absolute Gasteiger partial charge is 0.401 e. The van der Waals surface area contributed by atoms with Crippen molar-refractivity contribution in [2.45, 2.75) is 51.2 Å². The largest absolute Gasteiger partial charge is 0.419 e. The van der Waals surface area contributed by atoms with Crippen LogP contribution in [0.5, 0.6) is 0 Å². The van der Waals surface area contributed by atoms with Gasteiger partial charge in [0.15, 0.2) is 14.4 Å². The molecule has 1 unspecified atom stereocenters. The maximum atomic E-state index is 13.3. The number of hydrogen-bond acceptors (Lipinski definition) is 3. The van der Waals surface area contributed by atoms with Crippen molar-refractivity contribution in [2.24, 2.45) is 0 Å². The van der Waals surface area contributed by atoms with E-state index < -0.39 is 20.6 Å². The normalized spacial score (nSPS) is 15.2. The van der Waals surface area contributed by atoms with E-state index in [0.717, 1.165) is 0 Å². The van der Waals surface area contributed by atoms with Gasteiger partial charge in [-0.05, 0) is 30.3 Å². The Morgan fingerprint density at radius 3 is 2.10 bits per heavy atom. The first-order valence-corrected chi connectivity index (χ1v) is 9.21. The molecular formula is C13H21F3N2OSi. The van der Waals surface area contributed by atoms with E-state index in [0.29, 0.717) is 5.69 Å². The van der Waals surface area contributed by atoms with Crippen LogP contribution in [0.2, 0.25) is 18.1 Å². The van der Waals surface area contributed by atoms with Gasteiger partial charge in [0.1, 0.15) is 0 Å². The summed E-state index contributed by atoms with van der Waals surface area (Å²) >= 11 is 0. The second-order valence-corrected chi connectivity index (χ2v) is 11.1. The molecule has 114 valence electrons. The highest BCUT2D eigenvalue weighted by Crippen LogP contribution is 2.44. The van der Waals surface area contributed by atoms with Gasteiger partial charge in [-0.15, -0.1) is 0 Å². The fourth-order valence-electron chi connectivity index (χ4n) is 1.34. The Hall–Kier alpha value is -1.08. The number of hydrogen-bond donors (Lipinski definition) is 1. The lowest BCUT2D eigenvalue weighted by molar-refractivity contribution is -0.202. The van der Waals surface area contributed by atoms with Crippen molar-refractivity contribution in [1.82, 2.24) is 4.98 Å². The Kier molecular flexibility index (Phi) is 4.55. The van der Waals surface area contributed by atoms with Gasteiger partial charge in [0.25, 0.3) is 0 Å². The SMILES string of the molecule is CC(C)(C)[Si](C)(C)OC(c1ccc(N)cn1)C(F)(F)F. The fourth-order valence-corrected chi connectivity index (χ4v) is 2.54. The molecule has 0 aliphatic carbocycles. The number of pyridine rings is 1. The summed E-state index contributed by atoms with van der Waals surface area (Å²) in [6.07, 6.45) is -5.30. The molecule has 0 radical (unpaired) electrons. The lowest BCUT2D eigenvalue weighted by Gasteiger charge is -2.39. The number of halogens is 3. The highest BCUT2D eigenvalue weighted by Gasteiger charge is 2.49. The Bertz CT molecular complexity index is 452. The molecule has 2 N–H and O–H groups in total. The first kappa shape index (κ1) is 17.0. The molecule has 0 bridgehead atoms. The molecule has 3 nitrogen and oxygen atoms in total. The van der Waals surface area contributed by atoms with E-state index in [2.05, 4.69) is 4.98 Å². The average molecular weight is 306 g/mol. The van der Waals surface area contributed by atoms with Gasteiger partial charge in [-0.2, -0.15) is 13.2 Å². The van der Waals surface area contributed by atoms with Crippen LogP contribution in [0.1, 0.15) is 32.6 Å². The summed E-state index contributed by atoms with van der Waals surface area (Å²) in [6.45, 7) is 9.24. The van der Waals surface area contributed by atoms with Crippen LogP contribution in [0.15, 0.2) is 18.3 Å². The molecule has 0 saturated carbocycles. The number of nitrogens with zero attached hydrogens (tertiary/aromatic N) is 1.